The highest BCUT2D eigenvalue weighted by atomic mass is 16.5. The van der Waals surface area contributed by atoms with Gasteiger partial charge in [-0.15, -0.1) is 0 Å². The number of ether oxygens (including phenoxy) is 1. The van der Waals surface area contributed by atoms with Crippen LogP contribution in [0.3, 0.4) is 0 Å². The third-order valence-electron chi connectivity index (χ3n) is 4.71. The molecule has 2 heterocycles. The second-order valence-electron chi connectivity index (χ2n) is 6.43. The summed E-state index contributed by atoms with van der Waals surface area (Å²) in [5, 5.41) is 0. The Balaban J connectivity index is 1.80. The van der Waals surface area contributed by atoms with Crippen molar-refractivity contribution < 1.29 is 14.3 Å². The molecule has 1 amide bonds. The summed E-state index contributed by atoms with van der Waals surface area (Å²) in [6.45, 7) is 0. The number of benzene rings is 2. The highest BCUT2D eigenvalue weighted by molar-refractivity contribution is 5.98. The van der Waals surface area contributed by atoms with Gasteiger partial charge in [0.1, 0.15) is 5.75 Å². The summed E-state index contributed by atoms with van der Waals surface area (Å²) in [5.74, 6) is 0.0274. The lowest BCUT2D eigenvalue weighted by Gasteiger charge is -2.27. The lowest BCUT2D eigenvalue weighted by Crippen LogP contribution is -2.31. The van der Waals surface area contributed by atoms with Crippen molar-refractivity contribution in [2.24, 2.45) is 0 Å². The zero-order valence-corrected chi connectivity index (χ0v) is 14.9. The fraction of sp³-hybridized carbons (Fsp3) is 0.136. The maximum absolute atomic E-state index is 12.6. The number of pyridine rings is 1. The summed E-state index contributed by atoms with van der Waals surface area (Å²) in [6, 6.07) is 16.4. The molecule has 1 aliphatic rings. The summed E-state index contributed by atoms with van der Waals surface area (Å²) in [4.78, 5) is 30.5. The minimum absolute atomic E-state index is 0.0527. The molecule has 134 valence electrons. The van der Waals surface area contributed by atoms with Crippen molar-refractivity contribution in [2.75, 3.05) is 11.9 Å². The van der Waals surface area contributed by atoms with E-state index in [-0.39, 0.29) is 5.91 Å². The zero-order valence-electron chi connectivity index (χ0n) is 14.9. The molecule has 27 heavy (non-hydrogen) atoms. The molecule has 1 aromatic heterocycles. The molecule has 0 unspecified atom stereocenters. The van der Waals surface area contributed by atoms with Crippen LogP contribution in [0.2, 0.25) is 0 Å². The molecule has 2 aromatic carbocycles. The average molecular weight is 358 g/mol. The van der Waals surface area contributed by atoms with Crippen LogP contribution in [0.25, 0.3) is 11.1 Å². The van der Waals surface area contributed by atoms with Crippen LogP contribution in [-0.2, 0) is 11.2 Å². The molecule has 0 bridgehead atoms. The van der Waals surface area contributed by atoms with Crippen molar-refractivity contribution in [1.29, 1.82) is 0 Å². The molecule has 0 radical (unpaired) electrons. The number of fused-ring (bicyclic) bond motifs is 1. The molecule has 0 fully saturated rings. The Kier molecular flexibility index (Phi) is 4.42. The Bertz CT molecular complexity index is 1000. The first-order valence-corrected chi connectivity index (χ1v) is 8.74. The molecule has 0 N–H and O–H groups in total. The van der Waals surface area contributed by atoms with Gasteiger partial charge in [-0.3, -0.25) is 9.78 Å². The molecule has 5 nitrogen and oxygen atoms in total. The van der Waals surface area contributed by atoms with Crippen LogP contribution in [0.5, 0.6) is 5.75 Å². The normalized spacial score (nSPS) is 13.2. The van der Waals surface area contributed by atoms with Gasteiger partial charge < -0.3 is 9.64 Å². The van der Waals surface area contributed by atoms with Crippen molar-refractivity contribution in [3.63, 3.8) is 0 Å². The largest absolute Gasteiger partial charge is 0.422 e. The third-order valence-corrected chi connectivity index (χ3v) is 4.71. The van der Waals surface area contributed by atoms with Crippen molar-refractivity contribution in [3.8, 4) is 16.9 Å². The second-order valence-corrected chi connectivity index (χ2v) is 6.43. The first-order chi connectivity index (χ1) is 13.1. The molecule has 5 heteroatoms. The van der Waals surface area contributed by atoms with Gasteiger partial charge >= 0.3 is 5.97 Å². The van der Waals surface area contributed by atoms with Crippen molar-refractivity contribution in [2.45, 2.75) is 12.8 Å². The number of carbonyl (C=O) groups excluding carboxylic acids is 2. The van der Waals surface area contributed by atoms with Crippen LogP contribution in [-0.4, -0.2) is 23.9 Å². The Morgan fingerprint density at radius 2 is 1.89 bits per heavy atom. The predicted octanol–water partition coefficient (Wildman–Crippen LogP) is 3.88. The summed E-state index contributed by atoms with van der Waals surface area (Å²) in [5.41, 5.74) is 3.94. The Morgan fingerprint density at radius 1 is 1.07 bits per heavy atom. The fourth-order valence-corrected chi connectivity index (χ4v) is 3.24. The summed E-state index contributed by atoms with van der Waals surface area (Å²) < 4.78 is 5.73. The van der Waals surface area contributed by atoms with E-state index in [0.29, 0.717) is 24.2 Å². The van der Waals surface area contributed by atoms with E-state index in [2.05, 4.69) is 4.98 Å². The molecule has 0 atom stereocenters. The van der Waals surface area contributed by atoms with Crippen molar-refractivity contribution in [1.82, 2.24) is 4.98 Å². The highest BCUT2D eigenvalue weighted by Crippen LogP contribution is 2.39. The smallest absolute Gasteiger partial charge is 0.343 e. The molecule has 0 spiro atoms. The number of nitrogens with zero attached hydrogens (tertiary/aromatic N) is 2. The minimum Gasteiger partial charge on any atom is -0.422 e. The van der Waals surface area contributed by atoms with Crippen LogP contribution >= 0.6 is 0 Å². The molecular formula is C22H18N2O3. The molecule has 0 saturated heterocycles. The number of hydrogen-bond acceptors (Lipinski definition) is 4. The maximum Gasteiger partial charge on any atom is 0.343 e. The molecule has 3 aromatic rings. The molecular weight excluding hydrogens is 340 g/mol. The third kappa shape index (κ3) is 3.31. The van der Waals surface area contributed by atoms with Crippen LogP contribution in [0.1, 0.15) is 22.3 Å². The monoisotopic (exact) mass is 358 g/mol. The van der Waals surface area contributed by atoms with E-state index in [0.717, 1.165) is 22.4 Å². The van der Waals surface area contributed by atoms with Crippen LogP contribution in [0.15, 0.2) is 67.0 Å². The molecule has 0 saturated carbocycles. The molecule has 0 aliphatic carbocycles. The van der Waals surface area contributed by atoms with E-state index in [1.54, 1.807) is 54.7 Å². The summed E-state index contributed by atoms with van der Waals surface area (Å²) in [7, 11) is 1.74. The minimum atomic E-state index is -0.439. The predicted molar refractivity (Wildman–Crippen MR) is 103 cm³/mol. The van der Waals surface area contributed by atoms with Gasteiger partial charge in [0.15, 0.2) is 0 Å². The lowest BCUT2D eigenvalue weighted by molar-refractivity contribution is -0.118. The Morgan fingerprint density at radius 3 is 2.63 bits per heavy atom. The standard InChI is InChI=1S/C22H18N2O3/c1-24-19-13-20(27-22(26)15-6-3-2-4-7-15)18(17-8-5-11-23-14-17)12-16(19)9-10-21(24)25/h2-8,11-14H,9-10H2,1H3. The average Bonchev–Trinajstić information content (AvgIpc) is 2.72. The number of amides is 1. The van der Waals surface area contributed by atoms with Crippen LogP contribution in [0.4, 0.5) is 5.69 Å². The SMILES string of the molecule is CN1C(=O)CCc2cc(-c3cccnc3)c(OC(=O)c3ccccc3)cc21. The topological polar surface area (TPSA) is 59.5 Å². The van der Waals surface area contributed by atoms with Crippen LogP contribution in [0, 0.1) is 0 Å². The van der Waals surface area contributed by atoms with Gasteiger partial charge in [-0.2, -0.15) is 0 Å². The van der Waals surface area contributed by atoms with Gasteiger partial charge in [0.05, 0.1) is 11.3 Å². The number of anilines is 1. The van der Waals surface area contributed by atoms with Gasteiger partial charge in [0, 0.05) is 43.1 Å². The van der Waals surface area contributed by atoms with Crippen molar-refractivity contribution in [3.05, 3.63) is 78.1 Å². The van der Waals surface area contributed by atoms with Gasteiger partial charge in [-0.05, 0) is 36.2 Å². The van der Waals surface area contributed by atoms with E-state index in [9.17, 15) is 9.59 Å². The lowest BCUT2D eigenvalue weighted by atomic mass is 9.96. The van der Waals surface area contributed by atoms with Gasteiger partial charge in [0.2, 0.25) is 5.91 Å². The summed E-state index contributed by atoms with van der Waals surface area (Å²) >= 11 is 0. The number of esters is 1. The first kappa shape index (κ1) is 17.0. The number of hydrogen-bond donors (Lipinski definition) is 0. The van der Waals surface area contributed by atoms with E-state index < -0.39 is 5.97 Å². The fourth-order valence-electron chi connectivity index (χ4n) is 3.24. The number of aromatic nitrogens is 1. The number of carbonyl (C=O) groups is 2. The van der Waals surface area contributed by atoms with E-state index in [1.165, 1.54) is 0 Å². The Labute approximate surface area is 157 Å². The first-order valence-electron chi connectivity index (χ1n) is 8.74. The van der Waals surface area contributed by atoms with Gasteiger partial charge in [0.25, 0.3) is 0 Å². The van der Waals surface area contributed by atoms with Gasteiger partial charge in [-0.25, -0.2) is 4.79 Å². The number of aryl methyl sites for hydroxylation is 1. The van der Waals surface area contributed by atoms with Crippen LogP contribution < -0.4 is 9.64 Å². The molecule has 4 rings (SSSR count). The molecule has 1 aliphatic heterocycles. The second kappa shape index (κ2) is 7.03. The number of rotatable bonds is 3. The highest BCUT2D eigenvalue weighted by Gasteiger charge is 2.24. The quantitative estimate of drug-likeness (QED) is 0.527. The summed E-state index contributed by atoms with van der Waals surface area (Å²) in [6.07, 6.45) is 4.57. The van der Waals surface area contributed by atoms with E-state index in [4.69, 9.17) is 4.74 Å². The van der Waals surface area contributed by atoms with E-state index >= 15 is 0 Å². The van der Waals surface area contributed by atoms with E-state index in [1.807, 2.05) is 24.3 Å². The maximum atomic E-state index is 12.6. The van der Waals surface area contributed by atoms with Crippen molar-refractivity contribution >= 4 is 17.6 Å². The Hall–Kier alpha value is -3.47. The zero-order chi connectivity index (χ0) is 18.8. The van der Waals surface area contributed by atoms with Gasteiger partial charge in [-0.1, -0.05) is 24.3 Å².